The van der Waals surface area contributed by atoms with E-state index < -0.39 is 0 Å². The second-order valence-electron chi connectivity index (χ2n) is 8.21. The highest BCUT2D eigenvalue weighted by molar-refractivity contribution is 5.97. The SMILES string of the molecule is Cc1c(Nc2nc3c(C)cccc3cc2CO)cccc1C(=O)NC1CCCCC1. The van der Waals surface area contributed by atoms with Gasteiger partial charge in [-0.2, -0.15) is 0 Å². The number of pyridine rings is 1. The number of aliphatic hydroxyl groups is 1. The smallest absolute Gasteiger partial charge is 0.251 e. The van der Waals surface area contributed by atoms with Crippen LogP contribution in [0.25, 0.3) is 10.9 Å². The highest BCUT2D eigenvalue weighted by Crippen LogP contribution is 2.28. The summed E-state index contributed by atoms with van der Waals surface area (Å²) in [6.45, 7) is 3.86. The Bertz CT molecular complexity index is 1070. The number of carbonyl (C=O) groups excluding carboxylic acids is 1. The molecule has 2 aromatic carbocycles. The maximum Gasteiger partial charge on any atom is 0.251 e. The van der Waals surface area contributed by atoms with Gasteiger partial charge in [0.2, 0.25) is 0 Å². The molecule has 0 unspecified atom stereocenters. The molecule has 5 nitrogen and oxygen atoms in total. The van der Waals surface area contributed by atoms with Crippen LogP contribution in [0.1, 0.15) is 59.2 Å². The van der Waals surface area contributed by atoms with Gasteiger partial charge in [-0.3, -0.25) is 4.79 Å². The third kappa shape index (κ3) is 4.17. The van der Waals surface area contributed by atoms with Crippen molar-refractivity contribution in [3.8, 4) is 0 Å². The molecule has 0 aliphatic heterocycles. The van der Waals surface area contributed by atoms with Crippen molar-refractivity contribution in [1.29, 1.82) is 0 Å². The van der Waals surface area contributed by atoms with Crippen LogP contribution in [0, 0.1) is 13.8 Å². The summed E-state index contributed by atoms with van der Waals surface area (Å²) in [6.07, 6.45) is 5.74. The van der Waals surface area contributed by atoms with Crippen LogP contribution in [0.2, 0.25) is 0 Å². The normalized spacial score (nSPS) is 14.6. The second-order valence-corrected chi connectivity index (χ2v) is 8.21. The Labute approximate surface area is 177 Å². The number of aromatic nitrogens is 1. The summed E-state index contributed by atoms with van der Waals surface area (Å²) in [5.74, 6) is 0.597. The predicted molar refractivity (Wildman–Crippen MR) is 121 cm³/mol. The van der Waals surface area contributed by atoms with E-state index in [1.807, 2.05) is 56.3 Å². The minimum atomic E-state index is -0.111. The fraction of sp³-hybridized carbons (Fsp3) is 0.360. The lowest BCUT2D eigenvalue weighted by Crippen LogP contribution is -2.36. The average Bonchev–Trinajstić information content (AvgIpc) is 2.76. The summed E-state index contributed by atoms with van der Waals surface area (Å²) in [6, 6.07) is 13.9. The number of hydrogen-bond acceptors (Lipinski definition) is 4. The van der Waals surface area contributed by atoms with Gasteiger partial charge in [0, 0.05) is 28.2 Å². The number of nitrogens with one attached hydrogen (secondary N) is 2. The summed E-state index contributed by atoms with van der Waals surface area (Å²) in [5, 5.41) is 17.4. The Morgan fingerprint density at radius 2 is 1.87 bits per heavy atom. The highest BCUT2D eigenvalue weighted by atomic mass is 16.3. The molecule has 1 aliphatic rings. The summed E-state index contributed by atoms with van der Waals surface area (Å²) >= 11 is 0. The topological polar surface area (TPSA) is 74.2 Å². The first kappa shape index (κ1) is 20.4. The summed E-state index contributed by atoms with van der Waals surface area (Å²) in [5.41, 5.74) is 5.08. The Balaban J connectivity index is 1.63. The molecule has 3 aromatic rings. The Morgan fingerprint density at radius 3 is 2.63 bits per heavy atom. The number of aryl methyl sites for hydroxylation is 1. The third-order valence-electron chi connectivity index (χ3n) is 6.07. The van der Waals surface area contributed by atoms with Gasteiger partial charge in [-0.05, 0) is 56.0 Å². The number of para-hydroxylation sites is 1. The molecule has 0 spiro atoms. The van der Waals surface area contributed by atoms with Gasteiger partial charge in [-0.25, -0.2) is 4.98 Å². The molecule has 4 rings (SSSR count). The van der Waals surface area contributed by atoms with E-state index in [1.54, 1.807) is 0 Å². The van der Waals surface area contributed by atoms with Gasteiger partial charge in [0.1, 0.15) is 5.82 Å². The Morgan fingerprint density at radius 1 is 1.10 bits per heavy atom. The van der Waals surface area contributed by atoms with Gasteiger partial charge in [-0.1, -0.05) is 43.5 Å². The Hall–Kier alpha value is -2.92. The van der Waals surface area contributed by atoms with Crippen molar-refractivity contribution in [3.05, 3.63) is 64.7 Å². The van der Waals surface area contributed by atoms with E-state index in [0.29, 0.717) is 11.4 Å². The zero-order chi connectivity index (χ0) is 21.1. The Kier molecular flexibility index (Phi) is 6.00. The van der Waals surface area contributed by atoms with Crippen molar-refractivity contribution < 1.29 is 9.90 Å². The van der Waals surface area contributed by atoms with Crippen LogP contribution in [0.4, 0.5) is 11.5 Å². The lowest BCUT2D eigenvalue weighted by molar-refractivity contribution is 0.0927. The number of nitrogens with zero attached hydrogens (tertiary/aromatic N) is 1. The molecule has 5 heteroatoms. The van der Waals surface area contributed by atoms with E-state index in [9.17, 15) is 9.90 Å². The first-order valence-electron chi connectivity index (χ1n) is 10.7. The van der Waals surface area contributed by atoms with E-state index in [-0.39, 0.29) is 18.6 Å². The zero-order valence-electron chi connectivity index (χ0n) is 17.7. The van der Waals surface area contributed by atoms with Gasteiger partial charge >= 0.3 is 0 Å². The first-order chi connectivity index (χ1) is 14.6. The van der Waals surface area contributed by atoms with Crippen LogP contribution in [0.15, 0.2) is 42.5 Å². The molecule has 1 heterocycles. The lowest BCUT2D eigenvalue weighted by Gasteiger charge is -2.23. The number of fused-ring (bicyclic) bond motifs is 1. The minimum Gasteiger partial charge on any atom is -0.392 e. The van der Waals surface area contributed by atoms with Crippen LogP contribution < -0.4 is 10.6 Å². The lowest BCUT2D eigenvalue weighted by atomic mass is 9.95. The van der Waals surface area contributed by atoms with Crippen molar-refractivity contribution in [1.82, 2.24) is 10.3 Å². The summed E-state index contributed by atoms with van der Waals surface area (Å²) in [7, 11) is 0. The maximum absolute atomic E-state index is 12.9. The maximum atomic E-state index is 12.9. The molecule has 1 aliphatic carbocycles. The number of benzene rings is 2. The van der Waals surface area contributed by atoms with E-state index in [0.717, 1.165) is 46.1 Å². The molecular formula is C25H29N3O2. The number of rotatable bonds is 5. The van der Waals surface area contributed by atoms with E-state index >= 15 is 0 Å². The van der Waals surface area contributed by atoms with E-state index in [4.69, 9.17) is 4.98 Å². The van der Waals surface area contributed by atoms with Crippen molar-refractivity contribution >= 4 is 28.3 Å². The van der Waals surface area contributed by atoms with Crippen LogP contribution in [0.3, 0.4) is 0 Å². The minimum absolute atomic E-state index is 0.0206. The van der Waals surface area contributed by atoms with Crippen LogP contribution in [0.5, 0.6) is 0 Å². The molecule has 0 bridgehead atoms. The van der Waals surface area contributed by atoms with Crippen LogP contribution in [-0.4, -0.2) is 22.0 Å². The molecule has 1 fully saturated rings. The molecule has 1 aromatic heterocycles. The van der Waals surface area contributed by atoms with Crippen LogP contribution in [-0.2, 0) is 6.61 Å². The molecule has 30 heavy (non-hydrogen) atoms. The molecule has 0 saturated heterocycles. The summed E-state index contributed by atoms with van der Waals surface area (Å²) < 4.78 is 0. The van der Waals surface area contributed by atoms with Crippen molar-refractivity contribution in [2.45, 2.75) is 58.6 Å². The number of amides is 1. The molecular weight excluding hydrogens is 374 g/mol. The van der Waals surface area contributed by atoms with Gasteiger partial charge < -0.3 is 15.7 Å². The van der Waals surface area contributed by atoms with E-state index in [2.05, 4.69) is 10.6 Å². The van der Waals surface area contributed by atoms with Gasteiger partial charge in [-0.15, -0.1) is 0 Å². The average molecular weight is 404 g/mol. The highest BCUT2D eigenvalue weighted by Gasteiger charge is 2.19. The quantitative estimate of drug-likeness (QED) is 0.551. The fourth-order valence-electron chi connectivity index (χ4n) is 4.27. The van der Waals surface area contributed by atoms with Crippen LogP contribution >= 0.6 is 0 Å². The first-order valence-corrected chi connectivity index (χ1v) is 10.7. The van der Waals surface area contributed by atoms with Crippen molar-refractivity contribution in [2.24, 2.45) is 0 Å². The predicted octanol–water partition coefficient (Wildman–Crippen LogP) is 5.15. The third-order valence-corrected chi connectivity index (χ3v) is 6.07. The number of hydrogen-bond donors (Lipinski definition) is 3. The molecule has 0 atom stereocenters. The largest absolute Gasteiger partial charge is 0.392 e. The number of carbonyl (C=O) groups is 1. The summed E-state index contributed by atoms with van der Waals surface area (Å²) in [4.78, 5) is 17.7. The molecule has 1 saturated carbocycles. The van der Waals surface area contributed by atoms with Gasteiger partial charge in [0.15, 0.2) is 0 Å². The molecule has 1 amide bonds. The molecule has 0 radical (unpaired) electrons. The number of anilines is 2. The van der Waals surface area contributed by atoms with Gasteiger partial charge in [0.05, 0.1) is 12.1 Å². The second kappa shape index (κ2) is 8.84. The molecule has 3 N–H and O–H groups in total. The fourth-order valence-corrected chi connectivity index (χ4v) is 4.27. The molecule has 156 valence electrons. The van der Waals surface area contributed by atoms with Crippen molar-refractivity contribution in [2.75, 3.05) is 5.32 Å². The number of aliphatic hydroxyl groups excluding tert-OH is 1. The van der Waals surface area contributed by atoms with Crippen molar-refractivity contribution in [3.63, 3.8) is 0 Å². The van der Waals surface area contributed by atoms with E-state index in [1.165, 1.54) is 19.3 Å². The monoisotopic (exact) mass is 403 g/mol. The zero-order valence-corrected chi connectivity index (χ0v) is 17.7. The standard InChI is InChI=1S/C25H29N3O2/c1-16-8-6-9-18-14-19(15-29)24(28-23(16)18)27-22-13-7-12-21(17(22)2)25(30)26-20-10-4-3-5-11-20/h6-9,12-14,20,29H,3-5,10-11,15H2,1-2H3,(H,26,30)(H,27,28). The van der Waals surface area contributed by atoms with Gasteiger partial charge in [0.25, 0.3) is 5.91 Å².